The van der Waals surface area contributed by atoms with Crippen molar-refractivity contribution in [3.8, 4) is 0 Å². The van der Waals surface area contributed by atoms with Crippen LogP contribution in [0.15, 0.2) is 11.6 Å². The Bertz CT molecular complexity index is 1330. The van der Waals surface area contributed by atoms with Crippen molar-refractivity contribution >= 4 is 17.9 Å². The second-order valence-electron chi connectivity index (χ2n) is 14.9. The van der Waals surface area contributed by atoms with E-state index in [4.69, 9.17) is 28.4 Å². The molecule has 270 valence electrons. The number of aliphatic hydroxyl groups excluding tert-OH is 7. The van der Waals surface area contributed by atoms with Gasteiger partial charge in [0.25, 0.3) is 0 Å². The molecule has 1 spiro atoms. The van der Waals surface area contributed by atoms with Crippen molar-refractivity contribution in [2.45, 2.75) is 113 Å². The fourth-order valence-electron chi connectivity index (χ4n) is 10.3. The number of allylic oxidation sites excluding steroid dienone is 1. The summed E-state index contributed by atoms with van der Waals surface area (Å²) in [6, 6.07) is 0. The molecule has 6 fully saturated rings. The van der Waals surface area contributed by atoms with Gasteiger partial charge in [0.2, 0.25) is 11.7 Å². The highest BCUT2D eigenvalue weighted by molar-refractivity contribution is 5.89. The molecule has 16 heteroatoms. The summed E-state index contributed by atoms with van der Waals surface area (Å²) in [5.41, 5.74) is -4.17. The van der Waals surface area contributed by atoms with E-state index in [2.05, 4.69) is 0 Å². The third kappa shape index (κ3) is 4.75. The SMILES string of the molecule is COC(=O)C12OCC34C(CC5C(C)C(O)C(OC6OC(CO)C(O)C(O)C6O)CC5(C)C3C(O)C1O)OC(=O)C(OC(=O)C=C(C)C)C24. The smallest absolute Gasteiger partial charge is 0.348 e. The molecule has 6 rings (SSSR count). The van der Waals surface area contributed by atoms with Crippen LogP contribution in [0.5, 0.6) is 0 Å². The van der Waals surface area contributed by atoms with Gasteiger partial charge in [-0.1, -0.05) is 19.4 Å². The quantitative estimate of drug-likeness (QED) is 0.0650. The van der Waals surface area contributed by atoms with E-state index < -0.39 is 132 Å². The summed E-state index contributed by atoms with van der Waals surface area (Å²) >= 11 is 0. The van der Waals surface area contributed by atoms with E-state index in [1.807, 2.05) is 6.92 Å². The number of ether oxygens (including phenoxy) is 6. The summed E-state index contributed by atoms with van der Waals surface area (Å²) in [6.45, 7) is 5.91. The highest BCUT2D eigenvalue weighted by Gasteiger charge is 2.85. The molecule has 3 heterocycles. The monoisotopic (exact) mass is 686 g/mol. The molecule has 0 radical (unpaired) electrons. The van der Waals surface area contributed by atoms with Gasteiger partial charge in [-0.3, -0.25) is 0 Å². The van der Waals surface area contributed by atoms with Crippen molar-refractivity contribution in [3.63, 3.8) is 0 Å². The van der Waals surface area contributed by atoms with Crippen LogP contribution in [-0.2, 0) is 42.8 Å². The number of fused-ring (bicyclic) bond motifs is 2. The van der Waals surface area contributed by atoms with Gasteiger partial charge < -0.3 is 64.2 Å². The highest BCUT2D eigenvalue weighted by Crippen LogP contribution is 2.73. The van der Waals surface area contributed by atoms with Gasteiger partial charge in [0.1, 0.15) is 36.6 Å². The van der Waals surface area contributed by atoms with Crippen LogP contribution in [0.1, 0.15) is 40.5 Å². The zero-order chi connectivity index (χ0) is 35.2. The molecule has 18 atom stereocenters. The topological polar surface area (TPSA) is 248 Å². The van der Waals surface area contributed by atoms with Crippen molar-refractivity contribution < 1.29 is 78.6 Å². The molecule has 48 heavy (non-hydrogen) atoms. The summed E-state index contributed by atoms with van der Waals surface area (Å²) in [6.07, 6.45) is -15.2. The molecule has 0 aromatic heterocycles. The molecule has 3 aliphatic heterocycles. The van der Waals surface area contributed by atoms with E-state index in [9.17, 15) is 50.1 Å². The lowest BCUT2D eigenvalue weighted by molar-refractivity contribution is -0.340. The van der Waals surface area contributed by atoms with Crippen LogP contribution < -0.4 is 0 Å². The zero-order valence-electron chi connectivity index (χ0n) is 27.4. The molecule has 7 N–H and O–H groups in total. The average molecular weight is 687 g/mol. The normalized spacial score (nSPS) is 52.3. The summed E-state index contributed by atoms with van der Waals surface area (Å²) in [7, 11) is 1.07. The first kappa shape index (κ1) is 35.6. The molecule has 16 nitrogen and oxygen atoms in total. The molecule has 0 amide bonds. The minimum atomic E-state index is -2.30. The van der Waals surface area contributed by atoms with Crippen LogP contribution in [-0.4, -0.2) is 147 Å². The summed E-state index contributed by atoms with van der Waals surface area (Å²) in [4.78, 5) is 40.2. The molecule has 0 aromatic rings. The Morgan fingerprint density at radius 3 is 2.31 bits per heavy atom. The zero-order valence-corrected chi connectivity index (χ0v) is 27.4. The van der Waals surface area contributed by atoms with E-state index in [-0.39, 0.29) is 19.4 Å². The molecule has 6 aliphatic rings. The minimum absolute atomic E-state index is 0.0186. The number of aliphatic hydroxyl groups is 7. The number of esters is 3. The first-order valence-corrected chi connectivity index (χ1v) is 16.3. The van der Waals surface area contributed by atoms with Gasteiger partial charge in [-0.05, 0) is 43.9 Å². The Balaban J connectivity index is 1.43. The van der Waals surface area contributed by atoms with Gasteiger partial charge in [0.05, 0.1) is 44.6 Å². The number of carbonyl (C=O) groups is 3. The van der Waals surface area contributed by atoms with Gasteiger partial charge >= 0.3 is 17.9 Å². The maximum Gasteiger partial charge on any atom is 0.348 e. The summed E-state index contributed by atoms with van der Waals surface area (Å²) < 4.78 is 34.6. The van der Waals surface area contributed by atoms with Crippen molar-refractivity contribution in [1.29, 1.82) is 0 Å². The Labute approximate surface area is 276 Å². The van der Waals surface area contributed by atoms with E-state index in [0.29, 0.717) is 5.57 Å². The van der Waals surface area contributed by atoms with Gasteiger partial charge in [-0.25, -0.2) is 14.4 Å². The van der Waals surface area contributed by atoms with Crippen molar-refractivity contribution in [2.75, 3.05) is 20.3 Å². The summed E-state index contributed by atoms with van der Waals surface area (Å²) in [5.74, 6) is -6.29. The van der Waals surface area contributed by atoms with Gasteiger partial charge in [-0.2, -0.15) is 0 Å². The van der Waals surface area contributed by atoms with Crippen LogP contribution >= 0.6 is 0 Å². The van der Waals surface area contributed by atoms with Crippen molar-refractivity contribution in [2.24, 2.45) is 34.5 Å². The predicted molar refractivity (Wildman–Crippen MR) is 156 cm³/mol. The molecular formula is C32H46O16. The lowest BCUT2D eigenvalue weighted by Gasteiger charge is -2.69. The van der Waals surface area contributed by atoms with Crippen LogP contribution in [0.4, 0.5) is 0 Å². The fraction of sp³-hybridized carbons (Fsp3) is 0.844. The van der Waals surface area contributed by atoms with Crippen LogP contribution in [0.25, 0.3) is 0 Å². The molecule has 3 saturated carbocycles. The molecule has 3 saturated heterocycles. The van der Waals surface area contributed by atoms with Gasteiger partial charge in [-0.15, -0.1) is 0 Å². The molecule has 3 aliphatic carbocycles. The number of methoxy groups -OCH3 is 1. The largest absolute Gasteiger partial charge is 0.467 e. The standard InChI is InChI=1S/C32H46O16/c1-11(2)6-17(34)48-23-25-31-10-44-32(25,29(42)43-5)26(40)22(39)24(31)30(4)8-14(18(35)12(3)13(30)7-16(31)47-27(23)41)45-28-21(38)20(37)19(36)15(9-33)46-28/h6,12-16,18-26,28,33,35-40H,7-10H2,1-5H3. The Morgan fingerprint density at radius 2 is 1.69 bits per heavy atom. The van der Waals surface area contributed by atoms with E-state index >= 15 is 0 Å². The van der Waals surface area contributed by atoms with Crippen LogP contribution in [0, 0.1) is 34.5 Å². The van der Waals surface area contributed by atoms with E-state index in [1.54, 1.807) is 20.8 Å². The maximum atomic E-state index is 13.7. The van der Waals surface area contributed by atoms with E-state index in [0.717, 1.165) is 7.11 Å². The summed E-state index contributed by atoms with van der Waals surface area (Å²) in [5, 5.41) is 76.4. The van der Waals surface area contributed by atoms with Crippen molar-refractivity contribution in [1.82, 2.24) is 0 Å². The predicted octanol–water partition coefficient (Wildman–Crippen LogP) is -2.70. The van der Waals surface area contributed by atoms with Gasteiger partial charge in [0.15, 0.2) is 6.29 Å². The Morgan fingerprint density at radius 1 is 1.00 bits per heavy atom. The number of rotatable bonds is 6. The number of hydrogen-bond acceptors (Lipinski definition) is 16. The second kappa shape index (κ2) is 12.2. The fourth-order valence-corrected chi connectivity index (χ4v) is 10.3. The number of hydrogen-bond donors (Lipinski definition) is 7. The third-order valence-electron chi connectivity index (χ3n) is 12.2. The van der Waals surface area contributed by atoms with Crippen molar-refractivity contribution in [3.05, 3.63) is 11.6 Å². The highest BCUT2D eigenvalue weighted by atomic mass is 16.7. The van der Waals surface area contributed by atoms with Crippen LogP contribution in [0.3, 0.4) is 0 Å². The lowest BCUT2D eigenvalue weighted by Crippen LogP contribution is -2.80. The average Bonchev–Trinajstić information content (AvgIpc) is 3.34. The third-order valence-corrected chi connectivity index (χ3v) is 12.2. The maximum absolute atomic E-state index is 13.7. The van der Waals surface area contributed by atoms with Crippen LogP contribution in [0.2, 0.25) is 0 Å². The van der Waals surface area contributed by atoms with Gasteiger partial charge in [0, 0.05) is 17.4 Å². The first-order valence-electron chi connectivity index (χ1n) is 16.3. The number of carbonyl (C=O) groups excluding carboxylic acids is 3. The second-order valence-corrected chi connectivity index (χ2v) is 14.9. The molecule has 0 aromatic carbocycles. The Kier molecular flexibility index (Phi) is 9.05. The first-order chi connectivity index (χ1) is 22.5. The Hall–Kier alpha value is -2.25. The molecule has 18 unspecified atom stereocenters. The lowest BCUT2D eigenvalue weighted by atomic mass is 9.37. The molecule has 2 bridgehead atoms. The van der Waals surface area contributed by atoms with E-state index in [1.165, 1.54) is 6.08 Å². The minimum Gasteiger partial charge on any atom is -0.467 e. The molecular weight excluding hydrogens is 640 g/mol.